The molecule has 0 amide bonds. The number of benzene rings is 1. The third-order valence-electron chi connectivity index (χ3n) is 3.07. The van der Waals surface area contributed by atoms with Crippen LogP contribution >= 0.6 is 0 Å². The molecular weight excluding hydrogens is 226 g/mol. The van der Waals surface area contributed by atoms with Crippen LogP contribution in [0.4, 0.5) is 8.78 Å². The normalized spacial score (nSPS) is 20.9. The fourth-order valence-corrected chi connectivity index (χ4v) is 2.21. The number of fused-ring (bicyclic) bond motifs is 1. The summed E-state index contributed by atoms with van der Waals surface area (Å²) in [6.07, 6.45) is 1.93. The van der Waals surface area contributed by atoms with E-state index in [0.717, 1.165) is 25.5 Å². The number of aromatic nitrogens is 2. The highest BCUT2D eigenvalue weighted by Crippen LogP contribution is 2.26. The number of nitrogens with one attached hydrogen (secondary N) is 1. The Morgan fingerprint density at radius 1 is 1.35 bits per heavy atom. The van der Waals surface area contributed by atoms with Gasteiger partial charge in [-0.25, -0.2) is 13.8 Å². The summed E-state index contributed by atoms with van der Waals surface area (Å²) in [7, 11) is 0. The summed E-state index contributed by atoms with van der Waals surface area (Å²) in [5, 5.41) is 0. The van der Waals surface area contributed by atoms with Crippen LogP contribution in [-0.4, -0.2) is 23.2 Å². The largest absolute Gasteiger partial charge is 0.381 e. The van der Waals surface area contributed by atoms with Crippen molar-refractivity contribution >= 4 is 11.0 Å². The summed E-state index contributed by atoms with van der Waals surface area (Å²) in [6.45, 7) is 1.35. The average molecular weight is 238 g/mol. The summed E-state index contributed by atoms with van der Waals surface area (Å²) >= 11 is 0. The van der Waals surface area contributed by atoms with E-state index in [1.165, 1.54) is 6.07 Å². The first kappa shape index (κ1) is 10.7. The maximum absolute atomic E-state index is 13.5. The molecule has 1 atom stereocenters. The zero-order valence-electron chi connectivity index (χ0n) is 9.17. The van der Waals surface area contributed by atoms with Crippen molar-refractivity contribution in [2.24, 2.45) is 0 Å². The van der Waals surface area contributed by atoms with Crippen molar-refractivity contribution in [2.45, 2.75) is 18.8 Å². The number of halogens is 2. The Bertz CT molecular complexity index is 547. The third kappa shape index (κ3) is 1.91. The topological polar surface area (TPSA) is 37.9 Å². The number of H-pyrrole nitrogens is 1. The fraction of sp³-hybridized carbons (Fsp3) is 0.417. The van der Waals surface area contributed by atoms with Gasteiger partial charge in [-0.3, -0.25) is 0 Å². The molecule has 1 N–H and O–H groups in total. The van der Waals surface area contributed by atoms with E-state index >= 15 is 0 Å². The van der Waals surface area contributed by atoms with Crippen molar-refractivity contribution in [1.82, 2.24) is 9.97 Å². The Labute approximate surface area is 96.8 Å². The molecule has 1 aromatic carbocycles. The summed E-state index contributed by atoms with van der Waals surface area (Å²) in [6, 6.07) is 2.11. The van der Waals surface area contributed by atoms with Gasteiger partial charge in [-0.2, -0.15) is 0 Å². The lowest BCUT2D eigenvalue weighted by Gasteiger charge is -2.19. The Kier molecular flexibility index (Phi) is 2.55. The van der Waals surface area contributed by atoms with Gasteiger partial charge in [0.15, 0.2) is 5.82 Å². The van der Waals surface area contributed by atoms with Gasteiger partial charge in [0, 0.05) is 18.6 Å². The van der Waals surface area contributed by atoms with Gasteiger partial charge in [0.05, 0.1) is 12.1 Å². The molecule has 0 aliphatic carbocycles. The summed E-state index contributed by atoms with van der Waals surface area (Å²) in [5.74, 6) is -0.382. The number of imidazole rings is 1. The van der Waals surface area contributed by atoms with Crippen LogP contribution in [0, 0.1) is 11.6 Å². The molecule has 1 saturated heterocycles. The molecule has 0 bridgehead atoms. The number of hydrogen-bond donors (Lipinski definition) is 1. The second kappa shape index (κ2) is 4.07. The monoisotopic (exact) mass is 238 g/mol. The van der Waals surface area contributed by atoms with Gasteiger partial charge >= 0.3 is 0 Å². The maximum Gasteiger partial charge on any atom is 0.153 e. The lowest BCUT2D eigenvalue weighted by molar-refractivity contribution is 0.0784. The van der Waals surface area contributed by atoms with Gasteiger partial charge in [-0.15, -0.1) is 0 Å². The van der Waals surface area contributed by atoms with Gasteiger partial charge in [0.2, 0.25) is 0 Å². The molecule has 3 nitrogen and oxygen atoms in total. The van der Waals surface area contributed by atoms with Crippen LogP contribution in [-0.2, 0) is 4.74 Å². The summed E-state index contributed by atoms with van der Waals surface area (Å²) < 4.78 is 31.9. The summed E-state index contributed by atoms with van der Waals surface area (Å²) in [4.78, 5) is 7.18. The van der Waals surface area contributed by atoms with E-state index in [9.17, 15) is 8.78 Å². The van der Waals surface area contributed by atoms with Crippen LogP contribution in [0.5, 0.6) is 0 Å². The van der Waals surface area contributed by atoms with Crippen LogP contribution < -0.4 is 0 Å². The molecule has 1 fully saturated rings. The Morgan fingerprint density at radius 2 is 2.24 bits per heavy atom. The zero-order chi connectivity index (χ0) is 11.8. The molecule has 2 aromatic rings. The number of ether oxygens (including phenoxy) is 1. The molecule has 0 radical (unpaired) electrons. The molecule has 1 aliphatic rings. The first-order chi connectivity index (χ1) is 8.24. The van der Waals surface area contributed by atoms with E-state index in [4.69, 9.17) is 4.74 Å². The summed E-state index contributed by atoms with van der Waals surface area (Å²) in [5.41, 5.74) is 0.607. The molecular formula is C12H12F2N2O. The van der Waals surface area contributed by atoms with Crippen molar-refractivity contribution in [1.29, 1.82) is 0 Å². The second-order valence-corrected chi connectivity index (χ2v) is 4.32. The van der Waals surface area contributed by atoms with Crippen LogP contribution in [0.25, 0.3) is 11.0 Å². The number of hydrogen-bond acceptors (Lipinski definition) is 2. The average Bonchev–Trinajstić information content (AvgIpc) is 2.74. The highest BCUT2D eigenvalue weighted by Gasteiger charge is 2.20. The predicted octanol–water partition coefficient (Wildman–Crippen LogP) is 2.74. The molecule has 2 heterocycles. The van der Waals surface area contributed by atoms with E-state index in [0.29, 0.717) is 17.9 Å². The predicted molar refractivity (Wildman–Crippen MR) is 58.8 cm³/mol. The van der Waals surface area contributed by atoms with Crippen LogP contribution in [0.2, 0.25) is 0 Å². The second-order valence-electron chi connectivity index (χ2n) is 4.32. The Hall–Kier alpha value is -1.49. The molecule has 5 heteroatoms. The quantitative estimate of drug-likeness (QED) is 0.829. The van der Waals surface area contributed by atoms with E-state index < -0.39 is 11.6 Å². The molecule has 3 rings (SSSR count). The lowest BCUT2D eigenvalue weighted by atomic mass is 10.0. The Morgan fingerprint density at radius 3 is 3.00 bits per heavy atom. The van der Waals surface area contributed by atoms with Crippen molar-refractivity contribution in [2.75, 3.05) is 13.2 Å². The van der Waals surface area contributed by atoms with Gasteiger partial charge in [0.25, 0.3) is 0 Å². The minimum absolute atomic E-state index is 0.151. The first-order valence-corrected chi connectivity index (χ1v) is 5.66. The van der Waals surface area contributed by atoms with Crippen molar-refractivity contribution in [3.8, 4) is 0 Å². The molecule has 0 saturated carbocycles. The molecule has 1 aliphatic heterocycles. The van der Waals surface area contributed by atoms with E-state index in [1.54, 1.807) is 0 Å². The van der Waals surface area contributed by atoms with Crippen LogP contribution in [0.15, 0.2) is 12.1 Å². The van der Waals surface area contributed by atoms with Crippen molar-refractivity contribution < 1.29 is 13.5 Å². The fourth-order valence-electron chi connectivity index (χ4n) is 2.21. The Balaban J connectivity index is 2.03. The molecule has 0 spiro atoms. The highest BCUT2D eigenvalue weighted by atomic mass is 19.1. The number of rotatable bonds is 1. The van der Waals surface area contributed by atoms with Crippen molar-refractivity contribution in [3.05, 3.63) is 29.6 Å². The molecule has 1 unspecified atom stereocenters. The number of nitrogens with zero attached hydrogens (tertiary/aromatic N) is 1. The van der Waals surface area contributed by atoms with Crippen LogP contribution in [0.3, 0.4) is 0 Å². The van der Waals surface area contributed by atoms with E-state index in [1.807, 2.05) is 0 Å². The van der Waals surface area contributed by atoms with E-state index in [-0.39, 0.29) is 11.4 Å². The lowest BCUT2D eigenvalue weighted by Crippen LogP contribution is -2.16. The molecule has 17 heavy (non-hydrogen) atoms. The smallest absolute Gasteiger partial charge is 0.153 e. The van der Waals surface area contributed by atoms with Gasteiger partial charge in [-0.05, 0) is 18.9 Å². The highest BCUT2D eigenvalue weighted by molar-refractivity contribution is 5.75. The standard InChI is InChI=1S/C12H12F2N2O/c13-8-4-9(14)11-10(5-8)15-12(16-11)7-2-1-3-17-6-7/h4-5,7H,1-3,6H2,(H,15,16). The third-order valence-corrected chi connectivity index (χ3v) is 3.07. The molecule has 1 aromatic heterocycles. The first-order valence-electron chi connectivity index (χ1n) is 5.66. The minimum atomic E-state index is -0.626. The zero-order valence-corrected chi connectivity index (χ0v) is 9.17. The van der Waals surface area contributed by atoms with Gasteiger partial charge in [0.1, 0.15) is 17.2 Å². The van der Waals surface area contributed by atoms with Crippen molar-refractivity contribution in [3.63, 3.8) is 0 Å². The minimum Gasteiger partial charge on any atom is -0.381 e. The molecule has 90 valence electrons. The number of aromatic amines is 1. The van der Waals surface area contributed by atoms with E-state index in [2.05, 4.69) is 9.97 Å². The maximum atomic E-state index is 13.5. The van der Waals surface area contributed by atoms with Gasteiger partial charge in [-0.1, -0.05) is 0 Å². The van der Waals surface area contributed by atoms with Crippen LogP contribution in [0.1, 0.15) is 24.6 Å². The SMILES string of the molecule is Fc1cc(F)c2nc(C3CCCOC3)[nH]c2c1. The van der Waals surface area contributed by atoms with Gasteiger partial charge < -0.3 is 9.72 Å².